The van der Waals surface area contributed by atoms with Gasteiger partial charge in [-0.05, 0) is 61.4 Å². The van der Waals surface area contributed by atoms with Crippen LogP contribution in [0.2, 0.25) is 0 Å². The molecule has 156 valence electrons. The van der Waals surface area contributed by atoms with Gasteiger partial charge in [0.15, 0.2) is 0 Å². The summed E-state index contributed by atoms with van der Waals surface area (Å²) in [6.07, 6.45) is 0. The second kappa shape index (κ2) is 8.48. The Morgan fingerprint density at radius 2 is 1.58 bits per heavy atom. The Hall–Kier alpha value is -3.86. The number of likely N-dealkylation sites (N-methyl/N-ethyl adjacent to an activating group) is 1. The fourth-order valence-corrected chi connectivity index (χ4v) is 3.87. The van der Waals surface area contributed by atoms with Gasteiger partial charge in [-0.25, -0.2) is 4.90 Å². The van der Waals surface area contributed by atoms with E-state index in [1.807, 2.05) is 79.4 Å². The van der Waals surface area contributed by atoms with Crippen LogP contribution in [0.3, 0.4) is 0 Å². The average Bonchev–Trinajstić information content (AvgIpc) is 3.05. The number of imide groups is 1. The summed E-state index contributed by atoms with van der Waals surface area (Å²) < 4.78 is 5.26. The van der Waals surface area contributed by atoms with Crippen LogP contribution in [-0.4, -0.2) is 25.5 Å². The first kappa shape index (κ1) is 20.4. The molecule has 1 aliphatic heterocycles. The van der Waals surface area contributed by atoms with Crippen molar-refractivity contribution in [2.45, 2.75) is 13.8 Å². The monoisotopic (exact) mass is 412 g/mol. The van der Waals surface area contributed by atoms with Gasteiger partial charge in [-0.15, -0.1) is 0 Å². The number of hydrogen-bond donors (Lipinski definition) is 0. The zero-order chi connectivity index (χ0) is 22.0. The van der Waals surface area contributed by atoms with Crippen molar-refractivity contribution in [3.05, 3.63) is 95.7 Å². The highest BCUT2D eigenvalue weighted by Gasteiger charge is 2.42. The molecule has 1 aliphatic rings. The van der Waals surface area contributed by atoms with Crippen LogP contribution in [0, 0.1) is 6.92 Å². The lowest BCUT2D eigenvalue weighted by atomic mass is 10.0. The van der Waals surface area contributed by atoms with Crippen LogP contribution in [-0.2, 0) is 9.59 Å². The number of anilines is 2. The number of ether oxygens (including phenoxy) is 1. The van der Waals surface area contributed by atoms with E-state index in [1.165, 1.54) is 4.90 Å². The van der Waals surface area contributed by atoms with E-state index in [0.29, 0.717) is 34.8 Å². The Bertz CT molecular complexity index is 1150. The summed E-state index contributed by atoms with van der Waals surface area (Å²) >= 11 is 0. The van der Waals surface area contributed by atoms with Crippen molar-refractivity contribution in [3.63, 3.8) is 0 Å². The van der Waals surface area contributed by atoms with Gasteiger partial charge in [-0.3, -0.25) is 9.59 Å². The topological polar surface area (TPSA) is 49.9 Å². The second-order valence-corrected chi connectivity index (χ2v) is 7.32. The second-order valence-electron chi connectivity index (χ2n) is 7.32. The molecule has 0 bridgehead atoms. The molecule has 0 spiro atoms. The number of benzene rings is 3. The predicted octanol–water partition coefficient (Wildman–Crippen LogP) is 4.81. The first-order valence-electron chi connectivity index (χ1n) is 10.2. The van der Waals surface area contributed by atoms with Crippen molar-refractivity contribution in [2.24, 2.45) is 0 Å². The molecule has 0 aliphatic carbocycles. The summed E-state index contributed by atoms with van der Waals surface area (Å²) in [6, 6.07) is 24.3. The molecule has 1 heterocycles. The quantitative estimate of drug-likeness (QED) is 0.545. The molecule has 3 aromatic carbocycles. The van der Waals surface area contributed by atoms with Crippen LogP contribution in [0.4, 0.5) is 11.4 Å². The van der Waals surface area contributed by atoms with E-state index in [0.717, 1.165) is 11.3 Å². The molecule has 2 amide bonds. The predicted molar refractivity (Wildman–Crippen MR) is 123 cm³/mol. The first-order valence-corrected chi connectivity index (χ1v) is 10.2. The Morgan fingerprint density at radius 1 is 0.871 bits per heavy atom. The van der Waals surface area contributed by atoms with Gasteiger partial charge in [-0.2, -0.15) is 0 Å². The molecule has 0 aromatic heterocycles. The number of carbonyl (C=O) groups excluding carboxylic acids is 2. The maximum absolute atomic E-state index is 13.7. The number of para-hydroxylation sites is 1. The lowest BCUT2D eigenvalue weighted by Gasteiger charge is -2.25. The number of nitrogens with zero attached hydrogens (tertiary/aromatic N) is 2. The molecule has 31 heavy (non-hydrogen) atoms. The molecular formula is C26H24N2O3. The minimum absolute atomic E-state index is 0.327. The first-order chi connectivity index (χ1) is 15.0. The average molecular weight is 412 g/mol. The normalized spacial score (nSPS) is 13.7. The molecule has 0 radical (unpaired) electrons. The molecule has 4 rings (SSSR count). The van der Waals surface area contributed by atoms with Crippen LogP contribution >= 0.6 is 0 Å². The van der Waals surface area contributed by atoms with E-state index in [9.17, 15) is 9.59 Å². The molecule has 0 unspecified atom stereocenters. The van der Waals surface area contributed by atoms with Gasteiger partial charge in [0.1, 0.15) is 11.4 Å². The summed E-state index contributed by atoms with van der Waals surface area (Å²) in [4.78, 5) is 30.5. The van der Waals surface area contributed by atoms with Gasteiger partial charge >= 0.3 is 0 Å². The van der Waals surface area contributed by atoms with Crippen molar-refractivity contribution in [2.75, 3.05) is 23.5 Å². The van der Waals surface area contributed by atoms with Crippen molar-refractivity contribution in [1.82, 2.24) is 0 Å². The Balaban J connectivity index is 1.90. The van der Waals surface area contributed by atoms with Gasteiger partial charge in [-0.1, -0.05) is 42.5 Å². The summed E-state index contributed by atoms with van der Waals surface area (Å²) in [6.45, 7) is 4.45. The molecule has 0 saturated heterocycles. The lowest BCUT2D eigenvalue weighted by molar-refractivity contribution is -0.120. The summed E-state index contributed by atoms with van der Waals surface area (Å²) in [5.41, 5.74) is 3.86. The highest BCUT2D eigenvalue weighted by molar-refractivity contribution is 6.46. The summed E-state index contributed by atoms with van der Waals surface area (Å²) in [5, 5.41) is 0. The summed E-state index contributed by atoms with van der Waals surface area (Å²) in [7, 11) is 1.59. The van der Waals surface area contributed by atoms with E-state index < -0.39 is 0 Å². The minimum atomic E-state index is -0.329. The van der Waals surface area contributed by atoms with Crippen LogP contribution < -0.4 is 14.5 Å². The zero-order valence-corrected chi connectivity index (χ0v) is 17.8. The standard InChI is InChI=1S/C26H24N2O3/c1-4-27(20-10-6-5-7-11-20)24-23(19-13-15-22(31-3)16-14-19)25(29)28(26(24)30)21-12-8-9-18(2)17-21/h5-17H,4H2,1-3H3. The fourth-order valence-electron chi connectivity index (χ4n) is 3.87. The highest BCUT2D eigenvalue weighted by Crippen LogP contribution is 2.37. The molecule has 0 saturated carbocycles. The third-order valence-corrected chi connectivity index (χ3v) is 5.35. The van der Waals surface area contributed by atoms with Crippen LogP contribution in [0.15, 0.2) is 84.6 Å². The Morgan fingerprint density at radius 3 is 2.19 bits per heavy atom. The van der Waals surface area contributed by atoms with Crippen molar-refractivity contribution in [3.8, 4) is 5.75 Å². The lowest BCUT2D eigenvalue weighted by Crippen LogP contribution is -2.35. The number of methoxy groups -OCH3 is 1. The van der Waals surface area contributed by atoms with E-state index in [1.54, 1.807) is 25.3 Å². The highest BCUT2D eigenvalue weighted by atomic mass is 16.5. The van der Waals surface area contributed by atoms with Gasteiger partial charge in [0, 0.05) is 12.2 Å². The van der Waals surface area contributed by atoms with Gasteiger partial charge in [0.25, 0.3) is 11.8 Å². The van der Waals surface area contributed by atoms with E-state index in [2.05, 4.69) is 0 Å². The Kier molecular flexibility index (Phi) is 5.58. The smallest absolute Gasteiger partial charge is 0.282 e. The third-order valence-electron chi connectivity index (χ3n) is 5.35. The fraction of sp³-hybridized carbons (Fsp3) is 0.154. The number of aryl methyl sites for hydroxylation is 1. The Labute approximate surface area is 182 Å². The maximum atomic E-state index is 13.7. The molecule has 5 heteroatoms. The molecule has 0 fully saturated rings. The SMILES string of the molecule is CCN(C1=C(c2ccc(OC)cc2)C(=O)N(c2cccc(C)c2)C1=O)c1ccccc1. The van der Waals surface area contributed by atoms with Crippen LogP contribution in [0.1, 0.15) is 18.1 Å². The van der Waals surface area contributed by atoms with Crippen molar-refractivity contribution in [1.29, 1.82) is 0 Å². The van der Waals surface area contributed by atoms with Gasteiger partial charge in [0.2, 0.25) is 0 Å². The number of hydrogen-bond acceptors (Lipinski definition) is 4. The minimum Gasteiger partial charge on any atom is -0.497 e. The molecule has 0 atom stereocenters. The number of rotatable bonds is 6. The van der Waals surface area contributed by atoms with Crippen molar-refractivity contribution >= 4 is 28.8 Å². The van der Waals surface area contributed by atoms with E-state index in [4.69, 9.17) is 4.74 Å². The summed E-state index contributed by atoms with van der Waals surface area (Å²) in [5.74, 6) is 0.0332. The third kappa shape index (κ3) is 3.70. The number of carbonyl (C=O) groups is 2. The van der Waals surface area contributed by atoms with Crippen LogP contribution in [0.5, 0.6) is 5.75 Å². The van der Waals surface area contributed by atoms with E-state index in [-0.39, 0.29) is 11.8 Å². The molecule has 5 nitrogen and oxygen atoms in total. The van der Waals surface area contributed by atoms with Crippen molar-refractivity contribution < 1.29 is 14.3 Å². The molecule has 3 aromatic rings. The van der Waals surface area contributed by atoms with E-state index >= 15 is 0 Å². The molecular weight excluding hydrogens is 388 g/mol. The zero-order valence-electron chi connectivity index (χ0n) is 17.8. The van der Waals surface area contributed by atoms with Gasteiger partial charge in [0.05, 0.1) is 18.4 Å². The van der Waals surface area contributed by atoms with Crippen LogP contribution in [0.25, 0.3) is 5.57 Å². The molecule has 0 N–H and O–H groups in total. The largest absolute Gasteiger partial charge is 0.497 e. The van der Waals surface area contributed by atoms with Gasteiger partial charge < -0.3 is 9.64 Å². The maximum Gasteiger partial charge on any atom is 0.282 e. The number of amides is 2.